The van der Waals surface area contributed by atoms with Crippen molar-refractivity contribution >= 4 is 5.91 Å². The predicted octanol–water partition coefficient (Wildman–Crippen LogP) is 0.673. The molecule has 0 radical (unpaired) electrons. The van der Waals surface area contributed by atoms with Crippen LogP contribution in [-0.2, 0) is 14.3 Å². The van der Waals surface area contributed by atoms with E-state index in [1.807, 2.05) is 6.92 Å². The van der Waals surface area contributed by atoms with E-state index in [0.717, 1.165) is 52.1 Å². The Hall–Kier alpha value is -0.650. The molecule has 1 aliphatic heterocycles. The highest BCUT2D eigenvalue weighted by molar-refractivity contribution is 5.84. The molecule has 1 aliphatic rings. The van der Waals surface area contributed by atoms with E-state index in [2.05, 4.69) is 5.32 Å². The van der Waals surface area contributed by atoms with Crippen LogP contribution in [0.2, 0.25) is 0 Å². The summed E-state index contributed by atoms with van der Waals surface area (Å²) in [5.74, 6) is 0.271. The Labute approximate surface area is 109 Å². The van der Waals surface area contributed by atoms with Crippen molar-refractivity contribution in [2.45, 2.75) is 38.1 Å². The zero-order valence-corrected chi connectivity index (χ0v) is 11.5. The van der Waals surface area contributed by atoms with Crippen LogP contribution in [0.25, 0.3) is 0 Å². The fraction of sp³-hybridized carbons (Fsp3) is 0.923. The lowest BCUT2D eigenvalue weighted by molar-refractivity contribution is -0.123. The number of primary amides is 1. The number of unbranched alkanes of at least 4 members (excludes halogenated alkanes) is 1. The van der Waals surface area contributed by atoms with Gasteiger partial charge in [0.15, 0.2) is 0 Å². The van der Waals surface area contributed by atoms with Crippen LogP contribution >= 0.6 is 0 Å². The van der Waals surface area contributed by atoms with Crippen molar-refractivity contribution in [2.24, 2.45) is 11.7 Å². The first kappa shape index (κ1) is 15.4. The van der Waals surface area contributed by atoms with E-state index in [1.165, 1.54) is 0 Å². The van der Waals surface area contributed by atoms with Gasteiger partial charge in [0.2, 0.25) is 5.91 Å². The molecule has 0 aromatic carbocycles. The van der Waals surface area contributed by atoms with Crippen LogP contribution in [0.5, 0.6) is 0 Å². The Morgan fingerprint density at radius 1 is 1.56 bits per heavy atom. The van der Waals surface area contributed by atoms with Crippen LogP contribution < -0.4 is 11.1 Å². The molecule has 0 spiro atoms. The summed E-state index contributed by atoms with van der Waals surface area (Å²) in [7, 11) is 1.77. The topological polar surface area (TPSA) is 73.6 Å². The van der Waals surface area contributed by atoms with Crippen LogP contribution in [0.4, 0.5) is 0 Å². The molecule has 3 N–H and O–H groups in total. The van der Waals surface area contributed by atoms with Gasteiger partial charge < -0.3 is 20.5 Å². The largest absolute Gasteiger partial charge is 0.381 e. The second-order valence-corrected chi connectivity index (χ2v) is 5.21. The average molecular weight is 258 g/mol. The highest BCUT2D eigenvalue weighted by Gasteiger charge is 2.27. The van der Waals surface area contributed by atoms with E-state index in [0.29, 0.717) is 5.92 Å². The van der Waals surface area contributed by atoms with E-state index < -0.39 is 5.54 Å². The second kappa shape index (κ2) is 7.71. The van der Waals surface area contributed by atoms with Gasteiger partial charge in [-0.15, -0.1) is 0 Å². The lowest BCUT2D eigenvalue weighted by atomic mass is 9.94. The predicted molar refractivity (Wildman–Crippen MR) is 70.3 cm³/mol. The van der Waals surface area contributed by atoms with Gasteiger partial charge in [-0.25, -0.2) is 0 Å². The minimum Gasteiger partial charge on any atom is -0.381 e. The molecule has 2 atom stereocenters. The van der Waals surface area contributed by atoms with Crippen molar-refractivity contribution in [3.05, 3.63) is 0 Å². The Bertz CT molecular complexity index is 255. The maximum absolute atomic E-state index is 11.3. The third-order valence-electron chi connectivity index (χ3n) is 3.69. The van der Waals surface area contributed by atoms with Crippen LogP contribution in [0.3, 0.4) is 0 Å². The summed E-state index contributed by atoms with van der Waals surface area (Å²) in [5, 5.41) is 2.98. The minimum atomic E-state index is -0.598. The number of rotatable bonds is 9. The monoisotopic (exact) mass is 258 g/mol. The number of carbonyl (C=O) groups excluding carboxylic acids is 1. The summed E-state index contributed by atoms with van der Waals surface area (Å²) in [6, 6.07) is 0. The quantitative estimate of drug-likeness (QED) is 0.596. The maximum atomic E-state index is 11.3. The van der Waals surface area contributed by atoms with Crippen molar-refractivity contribution in [3.63, 3.8) is 0 Å². The van der Waals surface area contributed by atoms with Gasteiger partial charge in [0.1, 0.15) is 0 Å². The summed E-state index contributed by atoms with van der Waals surface area (Å²) < 4.78 is 10.9. The van der Waals surface area contributed by atoms with Gasteiger partial charge in [0.05, 0.1) is 18.8 Å². The minimum absolute atomic E-state index is 0.297. The van der Waals surface area contributed by atoms with Crippen molar-refractivity contribution in [3.8, 4) is 0 Å². The molecular weight excluding hydrogens is 232 g/mol. The van der Waals surface area contributed by atoms with E-state index in [-0.39, 0.29) is 5.91 Å². The van der Waals surface area contributed by atoms with Gasteiger partial charge in [0.25, 0.3) is 0 Å². The Morgan fingerprint density at radius 3 is 2.89 bits per heavy atom. The first-order valence-corrected chi connectivity index (χ1v) is 6.73. The lowest BCUT2D eigenvalue weighted by Crippen LogP contribution is -2.51. The molecule has 0 aliphatic carbocycles. The van der Waals surface area contributed by atoms with Gasteiger partial charge in [-0.2, -0.15) is 0 Å². The molecule has 2 unspecified atom stereocenters. The molecule has 18 heavy (non-hydrogen) atoms. The van der Waals surface area contributed by atoms with Gasteiger partial charge in [-0.3, -0.25) is 4.79 Å². The van der Waals surface area contributed by atoms with Crippen LogP contribution in [-0.4, -0.2) is 44.9 Å². The second-order valence-electron chi connectivity index (χ2n) is 5.21. The molecule has 0 saturated carbocycles. The fourth-order valence-electron chi connectivity index (χ4n) is 2.02. The standard InChI is InChI=1S/C13H26N2O3/c1-13(15-2,12(14)16)6-3-4-7-17-9-11-5-8-18-10-11/h11,15H,3-10H2,1-2H3,(H2,14,16). The summed E-state index contributed by atoms with van der Waals surface area (Å²) in [5.41, 5.74) is 4.76. The van der Waals surface area contributed by atoms with Crippen LogP contribution in [0.1, 0.15) is 32.6 Å². The van der Waals surface area contributed by atoms with Crippen molar-refractivity contribution < 1.29 is 14.3 Å². The number of nitrogens with two attached hydrogens (primary N) is 1. The highest BCUT2D eigenvalue weighted by Crippen LogP contribution is 2.14. The Morgan fingerprint density at radius 2 is 2.33 bits per heavy atom. The highest BCUT2D eigenvalue weighted by atomic mass is 16.5. The number of carbonyl (C=O) groups is 1. The van der Waals surface area contributed by atoms with E-state index in [4.69, 9.17) is 15.2 Å². The Kier molecular flexibility index (Phi) is 6.60. The zero-order chi connectivity index (χ0) is 13.4. The number of nitrogens with one attached hydrogen (secondary N) is 1. The van der Waals surface area contributed by atoms with E-state index >= 15 is 0 Å². The maximum Gasteiger partial charge on any atom is 0.237 e. The molecule has 0 bridgehead atoms. The van der Waals surface area contributed by atoms with Gasteiger partial charge in [-0.05, 0) is 39.7 Å². The summed E-state index contributed by atoms with van der Waals surface area (Å²) in [6.45, 7) is 5.08. The SMILES string of the molecule is CNC(C)(CCCCOCC1CCOC1)C(N)=O. The fourth-order valence-corrected chi connectivity index (χ4v) is 2.02. The zero-order valence-electron chi connectivity index (χ0n) is 11.5. The third kappa shape index (κ3) is 4.92. The lowest BCUT2D eigenvalue weighted by Gasteiger charge is -2.25. The molecular formula is C13H26N2O3. The molecule has 5 nitrogen and oxygen atoms in total. The van der Waals surface area contributed by atoms with Gasteiger partial charge in [-0.1, -0.05) is 0 Å². The molecule has 1 fully saturated rings. The summed E-state index contributed by atoms with van der Waals surface area (Å²) in [6.07, 6.45) is 3.74. The van der Waals surface area contributed by atoms with Gasteiger partial charge >= 0.3 is 0 Å². The summed E-state index contributed by atoms with van der Waals surface area (Å²) in [4.78, 5) is 11.3. The van der Waals surface area contributed by atoms with E-state index in [9.17, 15) is 4.79 Å². The Balaban J connectivity index is 2.02. The number of likely N-dealkylation sites (N-methyl/N-ethyl adjacent to an activating group) is 1. The van der Waals surface area contributed by atoms with E-state index in [1.54, 1.807) is 7.05 Å². The van der Waals surface area contributed by atoms with Gasteiger partial charge in [0, 0.05) is 19.1 Å². The first-order chi connectivity index (χ1) is 8.58. The molecule has 106 valence electrons. The third-order valence-corrected chi connectivity index (χ3v) is 3.69. The average Bonchev–Trinajstić information content (AvgIpc) is 2.86. The summed E-state index contributed by atoms with van der Waals surface area (Å²) >= 11 is 0. The molecule has 5 heteroatoms. The van der Waals surface area contributed by atoms with Crippen molar-refractivity contribution in [1.29, 1.82) is 0 Å². The molecule has 1 saturated heterocycles. The normalized spacial score (nSPS) is 22.9. The number of ether oxygens (including phenoxy) is 2. The number of hydrogen-bond donors (Lipinski definition) is 2. The van der Waals surface area contributed by atoms with Crippen LogP contribution in [0.15, 0.2) is 0 Å². The van der Waals surface area contributed by atoms with Crippen molar-refractivity contribution in [2.75, 3.05) is 33.5 Å². The first-order valence-electron chi connectivity index (χ1n) is 6.73. The molecule has 0 aromatic heterocycles. The van der Waals surface area contributed by atoms with Crippen molar-refractivity contribution in [1.82, 2.24) is 5.32 Å². The molecule has 1 rings (SSSR count). The smallest absolute Gasteiger partial charge is 0.237 e. The molecule has 0 aromatic rings. The molecule has 1 heterocycles. The van der Waals surface area contributed by atoms with Crippen LogP contribution in [0, 0.1) is 5.92 Å². The number of amides is 1. The number of hydrogen-bond acceptors (Lipinski definition) is 4. The molecule has 1 amide bonds.